The monoisotopic (exact) mass is 392 g/mol. The lowest BCUT2D eigenvalue weighted by molar-refractivity contribution is 0.0951. The zero-order valence-corrected chi connectivity index (χ0v) is 17.0. The van der Waals surface area contributed by atoms with Crippen LogP contribution in [0.5, 0.6) is 0 Å². The van der Waals surface area contributed by atoms with Crippen LogP contribution in [0.15, 0.2) is 53.7 Å². The van der Waals surface area contributed by atoms with Crippen LogP contribution in [0.25, 0.3) is 11.4 Å². The predicted molar refractivity (Wildman–Crippen MR) is 112 cm³/mol. The first-order chi connectivity index (χ1) is 13.6. The molecule has 0 spiro atoms. The molecule has 28 heavy (non-hydrogen) atoms. The molecule has 0 bridgehead atoms. The first-order valence-electron chi connectivity index (χ1n) is 9.67. The summed E-state index contributed by atoms with van der Waals surface area (Å²) in [6.07, 6.45) is 2.20. The van der Waals surface area contributed by atoms with Crippen molar-refractivity contribution < 1.29 is 4.79 Å². The van der Waals surface area contributed by atoms with E-state index in [4.69, 9.17) is 0 Å². The number of rotatable bonds is 7. The number of amides is 1. The molecule has 5 nitrogen and oxygen atoms in total. The summed E-state index contributed by atoms with van der Waals surface area (Å²) in [5.74, 6) is 1.71. The van der Waals surface area contributed by atoms with Crippen LogP contribution in [-0.2, 0) is 12.3 Å². The molecule has 1 fully saturated rings. The van der Waals surface area contributed by atoms with E-state index in [-0.39, 0.29) is 5.91 Å². The van der Waals surface area contributed by atoms with Crippen LogP contribution >= 0.6 is 11.8 Å². The fraction of sp³-hybridized carbons (Fsp3) is 0.318. The Morgan fingerprint density at radius 3 is 2.46 bits per heavy atom. The van der Waals surface area contributed by atoms with E-state index < -0.39 is 0 Å². The lowest BCUT2D eigenvalue weighted by atomic mass is 10.1. The summed E-state index contributed by atoms with van der Waals surface area (Å²) in [5.41, 5.74) is 4.20. The predicted octanol–water partition coefficient (Wildman–Crippen LogP) is 4.46. The molecule has 0 saturated heterocycles. The highest BCUT2D eigenvalue weighted by Crippen LogP contribution is 2.27. The van der Waals surface area contributed by atoms with Crippen LogP contribution in [0.4, 0.5) is 0 Å². The normalized spacial score (nSPS) is 13.5. The molecule has 6 heteroatoms. The first kappa shape index (κ1) is 18.7. The van der Waals surface area contributed by atoms with Gasteiger partial charge in [0.05, 0.1) is 0 Å². The Labute approximate surface area is 169 Å². The zero-order valence-electron chi connectivity index (χ0n) is 16.2. The molecule has 0 atom stereocenters. The fourth-order valence-corrected chi connectivity index (χ4v) is 3.95. The van der Waals surface area contributed by atoms with E-state index in [9.17, 15) is 4.79 Å². The van der Waals surface area contributed by atoms with Crippen LogP contribution in [0.1, 0.15) is 41.3 Å². The molecule has 1 amide bonds. The lowest BCUT2D eigenvalue weighted by Gasteiger charge is -2.08. The van der Waals surface area contributed by atoms with Crippen LogP contribution in [-0.4, -0.2) is 26.7 Å². The number of hydrogen-bond donors (Lipinski definition) is 1. The maximum atomic E-state index is 12.1. The van der Waals surface area contributed by atoms with Gasteiger partial charge in [-0.15, -0.1) is 10.2 Å². The molecule has 1 N–H and O–H groups in total. The number of nitrogens with zero attached hydrogens (tertiary/aromatic N) is 3. The highest BCUT2D eigenvalue weighted by molar-refractivity contribution is 7.98. The zero-order chi connectivity index (χ0) is 19.5. The number of hydrogen-bond acceptors (Lipinski definition) is 4. The molecule has 3 aromatic rings. The van der Waals surface area contributed by atoms with E-state index >= 15 is 0 Å². The lowest BCUT2D eigenvalue weighted by Crippen LogP contribution is -2.25. The van der Waals surface area contributed by atoms with Gasteiger partial charge in [0.1, 0.15) is 0 Å². The van der Waals surface area contributed by atoms with Crippen molar-refractivity contribution in [3.05, 3.63) is 65.2 Å². The minimum Gasteiger partial charge on any atom is -0.349 e. The topological polar surface area (TPSA) is 59.8 Å². The van der Waals surface area contributed by atoms with Crippen molar-refractivity contribution in [2.45, 2.75) is 50.2 Å². The van der Waals surface area contributed by atoms with Gasteiger partial charge in [-0.3, -0.25) is 4.79 Å². The van der Waals surface area contributed by atoms with Crippen LogP contribution in [0.2, 0.25) is 0 Å². The Kier molecular flexibility index (Phi) is 5.48. The highest BCUT2D eigenvalue weighted by Gasteiger charge is 2.23. The van der Waals surface area contributed by atoms with E-state index in [1.165, 1.54) is 5.56 Å². The van der Waals surface area contributed by atoms with Gasteiger partial charge in [0.2, 0.25) is 0 Å². The largest absolute Gasteiger partial charge is 0.349 e. The number of aryl methyl sites for hydroxylation is 1. The second-order valence-electron chi connectivity index (χ2n) is 7.15. The Hall–Kier alpha value is -2.60. The molecular formula is C22H24N4OS. The average molecular weight is 393 g/mol. The minimum atomic E-state index is 0.0233. The maximum Gasteiger partial charge on any atom is 0.251 e. The van der Waals surface area contributed by atoms with Gasteiger partial charge in [0.25, 0.3) is 5.91 Å². The molecule has 1 aromatic heterocycles. The number of benzene rings is 2. The summed E-state index contributed by atoms with van der Waals surface area (Å²) in [7, 11) is 0. The van der Waals surface area contributed by atoms with Crippen molar-refractivity contribution in [2.75, 3.05) is 0 Å². The fourth-order valence-electron chi connectivity index (χ4n) is 2.99. The maximum absolute atomic E-state index is 12.1. The van der Waals surface area contributed by atoms with Crippen LogP contribution < -0.4 is 5.32 Å². The van der Waals surface area contributed by atoms with E-state index in [1.54, 1.807) is 11.8 Å². The molecule has 1 heterocycles. The van der Waals surface area contributed by atoms with Crippen molar-refractivity contribution in [2.24, 2.45) is 0 Å². The first-order valence-corrected chi connectivity index (χ1v) is 10.7. The molecule has 144 valence electrons. The molecule has 0 radical (unpaired) electrons. The quantitative estimate of drug-likeness (QED) is 0.603. The Balaban J connectivity index is 1.43. The van der Waals surface area contributed by atoms with E-state index in [0.717, 1.165) is 52.8 Å². The molecule has 1 saturated carbocycles. The summed E-state index contributed by atoms with van der Waals surface area (Å²) >= 11 is 1.67. The van der Waals surface area contributed by atoms with Crippen molar-refractivity contribution in [1.82, 2.24) is 20.1 Å². The Morgan fingerprint density at radius 2 is 1.82 bits per heavy atom. The van der Waals surface area contributed by atoms with E-state index in [1.807, 2.05) is 24.3 Å². The van der Waals surface area contributed by atoms with Gasteiger partial charge in [-0.2, -0.15) is 0 Å². The van der Waals surface area contributed by atoms with Crippen molar-refractivity contribution in [3.63, 3.8) is 0 Å². The van der Waals surface area contributed by atoms with Gasteiger partial charge in [0.15, 0.2) is 11.0 Å². The number of aromatic nitrogens is 3. The van der Waals surface area contributed by atoms with Gasteiger partial charge in [-0.25, -0.2) is 0 Å². The standard InChI is InChI=1S/C22H24N4OS/c1-3-26-20(17-8-4-15(2)5-9-17)24-25-22(26)28-14-16-6-10-18(11-7-16)21(27)23-19-12-13-19/h4-11,19H,3,12-14H2,1-2H3,(H,23,27). The van der Waals surface area contributed by atoms with E-state index in [2.05, 4.69) is 58.2 Å². The van der Waals surface area contributed by atoms with Gasteiger partial charge in [-0.1, -0.05) is 53.7 Å². The molecular weight excluding hydrogens is 368 g/mol. The number of thioether (sulfide) groups is 1. The summed E-state index contributed by atoms with van der Waals surface area (Å²) in [6.45, 7) is 5.01. The third-order valence-electron chi connectivity index (χ3n) is 4.84. The van der Waals surface area contributed by atoms with Gasteiger partial charge < -0.3 is 9.88 Å². The SMILES string of the molecule is CCn1c(SCc2ccc(C(=O)NC3CC3)cc2)nnc1-c1ccc(C)cc1. The van der Waals surface area contributed by atoms with Gasteiger partial charge >= 0.3 is 0 Å². The van der Waals surface area contributed by atoms with Crippen LogP contribution in [0, 0.1) is 6.92 Å². The van der Waals surface area contributed by atoms with Crippen molar-refractivity contribution in [3.8, 4) is 11.4 Å². The number of carbonyl (C=O) groups is 1. The smallest absolute Gasteiger partial charge is 0.251 e. The third kappa shape index (κ3) is 4.28. The summed E-state index contributed by atoms with van der Waals surface area (Å²) in [5, 5.41) is 12.7. The number of nitrogens with one attached hydrogen (secondary N) is 1. The van der Waals surface area contributed by atoms with Gasteiger partial charge in [-0.05, 0) is 44.4 Å². The minimum absolute atomic E-state index is 0.0233. The van der Waals surface area contributed by atoms with Gasteiger partial charge in [0, 0.05) is 29.5 Å². The Morgan fingerprint density at radius 1 is 1.11 bits per heavy atom. The molecule has 1 aliphatic rings. The molecule has 2 aromatic carbocycles. The summed E-state index contributed by atoms with van der Waals surface area (Å²) in [4.78, 5) is 12.1. The molecule has 0 unspecified atom stereocenters. The van der Waals surface area contributed by atoms with E-state index in [0.29, 0.717) is 6.04 Å². The van der Waals surface area contributed by atoms with Crippen LogP contribution in [0.3, 0.4) is 0 Å². The summed E-state index contributed by atoms with van der Waals surface area (Å²) in [6, 6.07) is 16.6. The molecule has 0 aliphatic heterocycles. The highest BCUT2D eigenvalue weighted by atomic mass is 32.2. The molecule has 1 aliphatic carbocycles. The average Bonchev–Trinajstić information content (AvgIpc) is 3.43. The second kappa shape index (κ2) is 8.19. The third-order valence-corrected chi connectivity index (χ3v) is 5.88. The number of carbonyl (C=O) groups excluding carboxylic acids is 1. The second-order valence-corrected chi connectivity index (χ2v) is 8.09. The molecule has 4 rings (SSSR count). The Bertz CT molecular complexity index is 959. The van der Waals surface area contributed by atoms with Crippen molar-refractivity contribution in [1.29, 1.82) is 0 Å². The summed E-state index contributed by atoms with van der Waals surface area (Å²) < 4.78 is 2.15. The van der Waals surface area contributed by atoms with Crippen molar-refractivity contribution >= 4 is 17.7 Å².